The number of halogens is 1. The Morgan fingerprint density at radius 3 is 3.00 bits per heavy atom. The van der Waals surface area contributed by atoms with Gasteiger partial charge in [-0.3, -0.25) is 0 Å². The Bertz CT molecular complexity index is 360. The Kier molecular flexibility index (Phi) is 1.94. The minimum Gasteiger partial charge on any atom is -0.382 e. The van der Waals surface area contributed by atoms with Crippen LogP contribution in [0.2, 0.25) is 0 Å². The molecule has 3 heteroatoms. The normalized spacial score (nSPS) is 20.2. The van der Waals surface area contributed by atoms with Gasteiger partial charge in [0.2, 0.25) is 0 Å². The lowest BCUT2D eigenvalue weighted by molar-refractivity contribution is 0.780. The van der Waals surface area contributed by atoms with Crippen LogP contribution in [0.5, 0.6) is 0 Å². The molecule has 2 aliphatic rings. The number of hydrogen-bond acceptors (Lipinski definition) is 2. The van der Waals surface area contributed by atoms with Crippen molar-refractivity contribution in [1.82, 2.24) is 0 Å². The fraction of sp³-hybridized carbons (Fsp3) is 0.455. The summed E-state index contributed by atoms with van der Waals surface area (Å²) in [6, 6.07) is 7.18. The number of nitrogens with one attached hydrogen (secondary N) is 1. The van der Waals surface area contributed by atoms with Gasteiger partial charge in [0.05, 0.1) is 11.4 Å². The maximum Gasteiger partial charge on any atom is 0.0749 e. The summed E-state index contributed by atoms with van der Waals surface area (Å²) in [5, 5.41) is 3.44. The summed E-state index contributed by atoms with van der Waals surface area (Å²) >= 11 is 3.64. The fourth-order valence-electron chi connectivity index (χ4n) is 2.12. The molecule has 1 aliphatic carbocycles. The van der Waals surface area contributed by atoms with Crippen LogP contribution in [0.1, 0.15) is 12.8 Å². The highest BCUT2D eigenvalue weighted by atomic mass is 79.9. The third-order valence-corrected chi connectivity index (χ3v) is 3.57. The predicted molar refractivity (Wildman–Crippen MR) is 63.0 cm³/mol. The molecule has 14 heavy (non-hydrogen) atoms. The van der Waals surface area contributed by atoms with Gasteiger partial charge < -0.3 is 10.2 Å². The highest BCUT2D eigenvalue weighted by Gasteiger charge is 2.32. The first-order valence-corrected chi connectivity index (χ1v) is 5.94. The zero-order valence-corrected chi connectivity index (χ0v) is 9.55. The molecule has 0 unspecified atom stereocenters. The monoisotopic (exact) mass is 252 g/mol. The second-order valence-electron chi connectivity index (χ2n) is 3.99. The van der Waals surface area contributed by atoms with Crippen molar-refractivity contribution in [2.24, 2.45) is 0 Å². The zero-order chi connectivity index (χ0) is 9.54. The van der Waals surface area contributed by atoms with Crippen molar-refractivity contribution in [3.05, 3.63) is 22.7 Å². The van der Waals surface area contributed by atoms with Gasteiger partial charge in [0.15, 0.2) is 0 Å². The second kappa shape index (κ2) is 3.16. The highest BCUT2D eigenvalue weighted by molar-refractivity contribution is 9.10. The number of fused-ring (bicyclic) bond motifs is 1. The van der Waals surface area contributed by atoms with Gasteiger partial charge in [0.25, 0.3) is 0 Å². The van der Waals surface area contributed by atoms with Gasteiger partial charge in [0.1, 0.15) is 0 Å². The van der Waals surface area contributed by atoms with E-state index in [1.54, 1.807) is 0 Å². The van der Waals surface area contributed by atoms with Crippen LogP contribution in [0.25, 0.3) is 0 Å². The fourth-order valence-corrected chi connectivity index (χ4v) is 2.72. The lowest BCUT2D eigenvalue weighted by Gasteiger charge is -2.33. The SMILES string of the molecule is Brc1cccc2c1N(C1CC1)CCN2. The van der Waals surface area contributed by atoms with Gasteiger partial charge >= 0.3 is 0 Å². The van der Waals surface area contributed by atoms with E-state index in [4.69, 9.17) is 0 Å². The van der Waals surface area contributed by atoms with Crippen LogP contribution < -0.4 is 10.2 Å². The molecule has 1 aliphatic heterocycles. The number of nitrogens with zero attached hydrogens (tertiary/aromatic N) is 1. The van der Waals surface area contributed by atoms with Crippen LogP contribution in [0, 0.1) is 0 Å². The lowest BCUT2D eigenvalue weighted by Crippen LogP contribution is -2.35. The number of rotatable bonds is 1. The largest absolute Gasteiger partial charge is 0.382 e. The van der Waals surface area contributed by atoms with E-state index in [-0.39, 0.29) is 0 Å². The van der Waals surface area contributed by atoms with Gasteiger partial charge in [-0.05, 0) is 40.9 Å². The van der Waals surface area contributed by atoms with Crippen molar-refractivity contribution in [3.8, 4) is 0 Å². The topological polar surface area (TPSA) is 15.3 Å². The van der Waals surface area contributed by atoms with Crippen LogP contribution in [0.15, 0.2) is 22.7 Å². The van der Waals surface area contributed by atoms with Gasteiger partial charge in [-0.15, -0.1) is 0 Å². The maximum atomic E-state index is 3.64. The summed E-state index contributed by atoms with van der Waals surface area (Å²) in [4.78, 5) is 2.54. The van der Waals surface area contributed by atoms with E-state index >= 15 is 0 Å². The lowest BCUT2D eigenvalue weighted by atomic mass is 10.2. The second-order valence-corrected chi connectivity index (χ2v) is 4.84. The van der Waals surface area contributed by atoms with Crippen LogP contribution in [-0.4, -0.2) is 19.1 Å². The minimum absolute atomic E-state index is 0.801. The number of hydrogen-bond donors (Lipinski definition) is 1. The molecule has 1 aromatic carbocycles. The van der Waals surface area contributed by atoms with Gasteiger partial charge in [-0.25, -0.2) is 0 Å². The number of anilines is 2. The average molecular weight is 253 g/mol. The van der Waals surface area contributed by atoms with Crippen molar-refractivity contribution in [1.29, 1.82) is 0 Å². The summed E-state index contributed by atoms with van der Waals surface area (Å²) in [6.07, 6.45) is 2.72. The van der Waals surface area contributed by atoms with E-state index in [1.807, 2.05) is 0 Å². The molecule has 2 nitrogen and oxygen atoms in total. The Hall–Kier alpha value is -0.700. The molecule has 1 fully saturated rings. The van der Waals surface area contributed by atoms with E-state index in [9.17, 15) is 0 Å². The first kappa shape index (κ1) is 8.60. The van der Waals surface area contributed by atoms with Gasteiger partial charge in [-0.1, -0.05) is 6.07 Å². The molecule has 0 radical (unpaired) electrons. The van der Waals surface area contributed by atoms with E-state index in [0.29, 0.717) is 0 Å². The van der Waals surface area contributed by atoms with E-state index in [0.717, 1.165) is 19.1 Å². The van der Waals surface area contributed by atoms with Crippen LogP contribution >= 0.6 is 15.9 Å². The van der Waals surface area contributed by atoms with Gasteiger partial charge in [-0.2, -0.15) is 0 Å². The summed E-state index contributed by atoms with van der Waals surface area (Å²) in [5.41, 5.74) is 2.64. The molecule has 0 saturated heterocycles. The molecule has 1 aromatic rings. The molecule has 0 bridgehead atoms. The number of benzene rings is 1. The average Bonchev–Trinajstić information content (AvgIpc) is 3.01. The Morgan fingerprint density at radius 1 is 1.36 bits per heavy atom. The smallest absolute Gasteiger partial charge is 0.0749 e. The van der Waals surface area contributed by atoms with E-state index in [2.05, 4.69) is 44.3 Å². The number of para-hydroxylation sites is 1. The molecular formula is C11H13BrN2. The predicted octanol–water partition coefficient (Wildman–Crippen LogP) is 2.84. The zero-order valence-electron chi connectivity index (χ0n) is 7.96. The molecule has 0 atom stereocenters. The first-order valence-electron chi connectivity index (χ1n) is 5.15. The molecule has 1 heterocycles. The summed E-state index contributed by atoms with van der Waals surface area (Å²) in [7, 11) is 0. The molecule has 0 spiro atoms. The van der Waals surface area contributed by atoms with Gasteiger partial charge in [0, 0.05) is 23.6 Å². The molecule has 1 N–H and O–H groups in total. The van der Waals surface area contributed by atoms with Crippen molar-refractivity contribution >= 4 is 27.3 Å². The van der Waals surface area contributed by atoms with Crippen LogP contribution in [-0.2, 0) is 0 Å². The van der Waals surface area contributed by atoms with E-state index in [1.165, 1.54) is 28.7 Å². The Balaban J connectivity index is 2.07. The quantitative estimate of drug-likeness (QED) is 0.827. The third-order valence-electron chi connectivity index (χ3n) is 2.93. The molecule has 3 rings (SSSR count). The van der Waals surface area contributed by atoms with Crippen molar-refractivity contribution in [2.75, 3.05) is 23.3 Å². The van der Waals surface area contributed by atoms with Crippen molar-refractivity contribution in [2.45, 2.75) is 18.9 Å². The maximum absolute atomic E-state index is 3.64. The minimum atomic E-state index is 0.801. The molecule has 0 amide bonds. The summed E-state index contributed by atoms with van der Waals surface area (Å²) in [5.74, 6) is 0. The van der Waals surface area contributed by atoms with Crippen molar-refractivity contribution in [3.63, 3.8) is 0 Å². The Labute approximate surface area is 92.4 Å². The third kappa shape index (κ3) is 1.31. The highest BCUT2D eigenvalue weighted by Crippen LogP contribution is 2.41. The first-order chi connectivity index (χ1) is 6.86. The summed E-state index contributed by atoms with van der Waals surface area (Å²) in [6.45, 7) is 2.21. The molecule has 74 valence electrons. The Morgan fingerprint density at radius 2 is 2.21 bits per heavy atom. The molecular weight excluding hydrogens is 240 g/mol. The van der Waals surface area contributed by atoms with Crippen LogP contribution in [0.4, 0.5) is 11.4 Å². The molecule has 0 aromatic heterocycles. The summed E-state index contributed by atoms with van der Waals surface area (Å²) < 4.78 is 1.22. The van der Waals surface area contributed by atoms with Crippen LogP contribution in [0.3, 0.4) is 0 Å². The van der Waals surface area contributed by atoms with E-state index < -0.39 is 0 Å². The molecule has 1 saturated carbocycles. The van der Waals surface area contributed by atoms with Crippen molar-refractivity contribution < 1.29 is 0 Å². The standard InChI is InChI=1S/C11H13BrN2/c12-9-2-1-3-10-11(9)14(7-6-13-10)8-4-5-8/h1-3,8,13H,4-7H2.